The summed E-state index contributed by atoms with van der Waals surface area (Å²) in [6.07, 6.45) is -21.8. The molecule has 0 radical (unpaired) electrons. The number of hydrogen-bond acceptors (Lipinski definition) is 3. The van der Waals surface area contributed by atoms with Crippen molar-refractivity contribution < 1.29 is 52.1 Å². The number of halogens is 9. The number of para-hydroxylation sites is 1. The molecule has 0 heterocycles. The molecule has 0 aliphatic heterocycles. The average Bonchev–Trinajstić information content (AvgIpc) is 2.22. The van der Waals surface area contributed by atoms with Gasteiger partial charge in [0.1, 0.15) is 5.75 Å². The van der Waals surface area contributed by atoms with E-state index in [4.69, 9.17) is 0 Å². The van der Waals surface area contributed by atoms with Gasteiger partial charge in [-0.15, -0.1) is 0 Å². The normalized spacial score (nSPS) is 14.7. The molecule has 0 spiro atoms. The molecule has 0 aliphatic carbocycles. The monoisotopic (exact) mass is 376 g/mol. The number of alkyl halides is 9. The molecule has 0 saturated carbocycles. The van der Waals surface area contributed by atoms with Crippen molar-refractivity contribution in [2.45, 2.75) is 23.3 Å². The Morgan fingerprint density at radius 1 is 0.696 bits per heavy atom. The largest absolute Gasteiger partial charge is 0.429 e. The minimum atomic E-state index is -7.29. The molecule has 0 N–H and O–H groups in total. The first kappa shape index (κ1) is 19.4. The van der Waals surface area contributed by atoms with Gasteiger partial charge in [-0.1, -0.05) is 18.2 Å². The average molecular weight is 376 g/mol. The van der Waals surface area contributed by atoms with E-state index in [0.717, 1.165) is 12.1 Å². The molecule has 23 heavy (non-hydrogen) atoms. The smallest absolute Gasteiger partial charge is 0.381 e. The van der Waals surface area contributed by atoms with Crippen LogP contribution in [0.25, 0.3) is 0 Å². The van der Waals surface area contributed by atoms with Crippen LogP contribution in [0.2, 0.25) is 0 Å². The summed E-state index contributed by atoms with van der Waals surface area (Å²) in [5.74, 6) is -1.14. The van der Waals surface area contributed by atoms with Crippen LogP contribution in [0.4, 0.5) is 39.5 Å². The summed E-state index contributed by atoms with van der Waals surface area (Å²) in [6.45, 7) is 0. The maximum atomic E-state index is 12.7. The van der Waals surface area contributed by atoms with Gasteiger partial charge in [0.05, 0.1) is 0 Å². The molecule has 0 atom stereocenters. The molecule has 0 saturated heterocycles. The van der Waals surface area contributed by atoms with Gasteiger partial charge in [0.2, 0.25) is 0 Å². The van der Waals surface area contributed by atoms with Crippen LogP contribution in [0.3, 0.4) is 0 Å². The Balaban J connectivity index is 3.70. The van der Waals surface area contributed by atoms with E-state index >= 15 is 0 Å². The highest BCUT2D eigenvalue weighted by molar-refractivity contribution is 7.88. The van der Waals surface area contributed by atoms with Crippen molar-refractivity contribution in [2.24, 2.45) is 0 Å². The molecular weight excluding hydrogens is 371 g/mol. The lowest BCUT2D eigenvalue weighted by molar-refractivity contribution is -0.348. The van der Waals surface area contributed by atoms with Crippen molar-refractivity contribution >= 4 is 10.1 Å². The molecule has 0 bridgehead atoms. The second kappa shape index (κ2) is 5.46. The van der Waals surface area contributed by atoms with Crippen molar-refractivity contribution in [3.63, 3.8) is 0 Å². The minimum absolute atomic E-state index is 0.575. The molecule has 0 aromatic heterocycles. The molecular formula is C10H5F9O3S. The molecule has 0 aliphatic rings. The predicted molar refractivity (Wildman–Crippen MR) is 56.9 cm³/mol. The SMILES string of the molecule is O=S(=O)(Oc1ccccc1)C(C(F)(F)F)(C(F)(F)F)C(F)(F)F. The van der Waals surface area contributed by atoms with Crippen LogP contribution < -0.4 is 4.18 Å². The van der Waals surface area contributed by atoms with Gasteiger partial charge in [-0.05, 0) is 12.1 Å². The Labute approximate surface area is 122 Å². The second-order valence-electron chi connectivity index (χ2n) is 4.02. The Hall–Kier alpha value is -1.66. The van der Waals surface area contributed by atoms with Crippen LogP contribution in [0.5, 0.6) is 5.75 Å². The van der Waals surface area contributed by atoms with Crippen LogP contribution in [0.15, 0.2) is 30.3 Å². The van der Waals surface area contributed by atoms with Crippen molar-refractivity contribution in [3.8, 4) is 5.75 Å². The van der Waals surface area contributed by atoms with E-state index in [1.807, 2.05) is 0 Å². The third kappa shape index (κ3) is 3.05. The lowest BCUT2D eigenvalue weighted by Gasteiger charge is -2.36. The Morgan fingerprint density at radius 2 is 1.04 bits per heavy atom. The highest BCUT2D eigenvalue weighted by atomic mass is 32.2. The van der Waals surface area contributed by atoms with E-state index in [2.05, 4.69) is 4.18 Å². The van der Waals surface area contributed by atoms with Gasteiger partial charge in [-0.2, -0.15) is 47.9 Å². The standard InChI is InChI=1S/C10H5F9O3S/c11-8(12,13)7(9(14,15)16,10(17,18)19)23(20,21)22-6-4-2-1-3-5-6/h1-5H. The lowest BCUT2D eigenvalue weighted by Crippen LogP contribution is -2.71. The van der Waals surface area contributed by atoms with E-state index in [9.17, 15) is 47.9 Å². The number of hydrogen-bond donors (Lipinski definition) is 0. The quantitative estimate of drug-likeness (QED) is 0.595. The second-order valence-corrected chi connectivity index (χ2v) is 5.71. The van der Waals surface area contributed by atoms with E-state index in [1.54, 1.807) is 0 Å². The van der Waals surface area contributed by atoms with Crippen molar-refractivity contribution in [3.05, 3.63) is 30.3 Å². The zero-order valence-corrected chi connectivity index (χ0v) is 11.2. The molecule has 1 aromatic rings. The summed E-state index contributed by atoms with van der Waals surface area (Å²) in [5, 5.41) is 0. The first-order chi connectivity index (χ1) is 10.1. The van der Waals surface area contributed by atoms with Gasteiger partial charge >= 0.3 is 33.4 Å². The predicted octanol–water partition coefficient (Wildman–Crippen LogP) is 3.82. The Bertz CT molecular complexity index is 607. The van der Waals surface area contributed by atoms with Gasteiger partial charge < -0.3 is 4.18 Å². The van der Waals surface area contributed by atoms with Crippen molar-refractivity contribution in [2.75, 3.05) is 0 Å². The van der Waals surface area contributed by atoms with Crippen LogP contribution in [-0.2, 0) is 10.1 Å². The topological polar surface area (TPSA) is 43.4 Å². The highest BCUT2D eigenvalue weighted by Gasteiger charge is 2.92. The molecule has 3 nitrogen and oxygen atoms in total. The third-order valence-corrected chi connectivity index (χ3v) is 4.38. The van der Waals surface area contributed by atoms with E-state index < -0.39 is 39.1 Å². The van der Waals surface area contributed by atoms with Crippen LogP contribution in [0.1, 0.15) is 0 Å². The molecule has 0 fully saturated rings. The van der Waals surface area contributed by atoms with Gasteiger partial charge in [0.15, 0.2) is 0 Å². The van der Waals surface area contributed by atoms with Gasteiger partial charge in [-0.25, -0.2) is 0 Å². The van der Waals surface area contributed by atoms with Crippen LogP contribution in [-0.4, -0.2) is 31.7 Å². The fourth-order valence-corrected chi connectivity index (χ4v) is 2.91. The zero-order valence-electron chi connectivity index (χ0n) is 10.4. The Kier molecular flexibility index (Phi) is 4.60. The first-order valence-electron chi connectivity index (χ1n) is 5.27. The molecule has 1 rings (SSSR count). The number of rotatable bonds is 3. The summed E-state index contributed by atoms with van der Waals surface area (Å²) >= 11 is 0. The first-order valence-corrected chi connectivity index (χ1v) is 6.68. The number of benzene rings is 1. The molecule has 13 heteroatoms. The molecule has 0 unspecified atom stereocenters. The maximum Gasteiger partial charge on any atom is 0.429 e. The Morgan fingerprint density at radius 3 is 1.35 bits per heavy atom. The molecule has 0 amide bonds. The fourth-order valence-electron chi connectivity index (χ4n) is 1.57. The summed E-state index contributed by atoms with van der Waals surface area (Å²) < 4.78 is 133. The van der Waals surface area contributed by atoms with E-state index in [1.165, 1.54) is 6.07 Å². The highest BCUT2D eigenvalue weighted by Crippen LogP contribution is 2.57. The molecule has 1 aromatic carbocycles. The van der Waals surface area contributed by atoms with Crippen molar-refractivity contribution in [1.82, 2.24) is 0 Å². The van der Waals surface area contributed by atoms with Crippen LogP contribution >= 0.6 is 0 Å². The fraction of sp³-hybridized carbons (Fsp3) is 0.400. The van der Waals surface area contributed by atoms with E-state index in [0.29, 0.717) is 12.1 Å². The lowest BCUT2D eigenvalue weighted by atomic mass is 10.1. The summed E-state index contributed by atoms with van der Waals surface area (Å²) in [6, 6.07) is 4.18. The van der Waals surface area contributed by atoms with E-state index in [-0.39, 0.29) is 0 Å². The van der Waals surface area contributed by atoms with Crippen LogP contribution in [0, 0.1) is 0 Å². The zero-order chi connectivity index (χ0) is 18.3. The summed E-state index contributed by atoms with van der Waals surface area (Å²) in [5.41, 5.74) is 0. The van der Waals surface area contributed by atoms with Gasteiger partial charge in [0.25, 0.3) is 0 Å². The summed E-state index contributed by atoms with van der Waals surface area (Å²) in [4.78, 5) is 0. The maximum absolute atomic E-state index is 12.7. The molecule has 132 valence electrons. The summed E-state index contributed by atoms with van der Waals surface area (Å²) in [7, 11) is -7.29. The third-order valence-electron chi connectivity index (χ3n) is 2.52. The van der Waals surface area contributed by atoms with Gasteiger partial charge in [0, 0.05) is 0 Å². The van der Waals surface area contributed by atoms with Crippen molar-refractivity contribution in [1.29, 1.82) is 0 Å². The van der Waals surface area contributed by atoms with Gasteiger partial charge in [-0.3, -0.25) is 0 Å². The minimum Gasteiger partial charge on any atom is -0.381 e.